The van der Waals surface area contributed by atoms with Crippen LogP contribution in [-0.2, 0) is 6.61 Å². The molecule has 2 aromatic rings. The molecule has 108 valence electrons. The van der Waals surface area contributed by atoms with E-state index < -0.39 is 0 Å². The third-order valence-electron chi connectivity index (χ3n) is 3.11. The van der Waals surface area contributed by atoms with Crippen LogP contribution in [0, 0.1) is 18.8 Å². The van der Waals surface area contributed by atoms with E-state index in [1.807, 2.05) is 49.4 Å². The number of hydrogen-bond donors (Lipinski definition) is 1. The molecule has 0 aliphatic rings. The molecule has 0 saturated heterocycles. The van der Waals surface area contributed by atoms with Crippen molar-refractivity contribution in [2.45, 2.75) is 13.5 Å². The summed E-state index contributed by atoms with van der Waals surface area (Å²) in [6, 6.07) is 13.7. The summed E-state index contributed by atoms with van der Waals surface area (Å²) in [5, 5.41) is 0. The molecule has 0 bridgehead atoms. The molecule has 0 spiro atoms. The van der Waals surface area contributed by atoms with Gasteiger partial charge in [0.15, 0.2) is 0 Å². The van der Waals surface area contributed by atoms with E-state index in [1.165, 1.54) is 0 Å². The average Bonchev–Trinajstić information content (AvgIpc) is 2.52. The van der Waals surface area contributed by atoms with Crippen LogP contribution in [0.5, 0.6) is 11.5 Å². The molecule has 0 fully saturated rings. The molecule has 3 nitrogen and oxygen atoms in total. The lowest BCUT2D eigenvalue weighted by Gasteiger charge is -2.11. The second-order valence-electron chi connectivity index (χ2n) is 4.58. The van der Waals surface area contributed by atoms with Crippen LogP contribution in [0.15, 0.2) is 42.5 Å². The highest BCUT2D eigenvalue weighted by Crippen LogP contribution is 2.21. The van der Waals surface area contributed by atoms with Crippen molar-refractivity contribution in [1.29, 1.82) is 0 Å². The summed E-state index contributed by atoms with van der Waals surface area (Å²) in [5.74, 6) is 7.55. The molecular formula is C18H19NO2. The Morgan fingerprint density at radius 1 is 1.14 bits per heavy atom. The fourth-order valence-corrected chi connectivity index (χ4v) is 2.00. The number of hydrogen-bond acceptors (Lipinski definition) is 3. The fourth-order valence-electron chi connectivity index (χ4n) is 2.00. The lowest BCUT2D eigenvalue weighted by atomic mass is 10.1. The number of para-hydroxylation sites is 1. The van der Waals surface area contributed by atoms with E-state index in [1.54, 1.807) is 7.11 Å². The van der Waals surface area contributed by atoms with Gasteiger partial charge in [-0.25, -0.2) is 0 Å². The number of rotatable bonds is 4. The van der Waals surface area contributed by atoms with Crippen LogP contribution in [0.1, 0.15) is 16.7 Å². The molecule has 2 rings (SSSR count). The van der Waals surface area contributed by atoms with Crippen molar-refractivity contribution in [2.24, 2.45) is 5.73 Å². The van der Waals surface area contributed by atoms with E-state index in [0.29, 0.717) is 13.2 Å². The normalized spacial score (nSPS) is 9.67. The second-order valence-corrected chi connectivity index (χ2v) is 4.58. The Labute approximate surface area is 125 Å². The Kier molecular flexibility index (Phi) is 5.25. The summed E-state index contributed by atoms with van der Waals surface area (Å²) < 4.78 is 11.1. The van der Waals surface area contributed by atoms with Crippen molar-refractivity contribution < 1.29 is 9.47 Å². The van der Waals surface area contributed by atoms with Crippen LogP contribution >= 0.6 is 0 Å². The molecule has 0 unspecified atom stereocenters. The second kappa shape index (κ2) is 7.37. The van der Waals surface area contributed by atoms with Crippen LogP contribution in [0.3, 0.4) is 0 Å². The van der Waals surface area contributed by atoms with Crippen molar-refractivity contribution >= 4 is 0 Å². The monoisotopic (exact) mass is 281 g/mol. The van der Waals surface area contributed by atoms with E-state index >= 15 is 0 Å². The molecule has 21 heavy (non-hydrogen) atoms. The highest BCUT2D eigenvalue weighted by atomic mass is 16.5. The highest BCUT2D eigenvalue weighted by molar-refractivity contribution is 5.45. The van der Waals surface area contributed by atoms with Crippen molar-refractivity contribution in [3.05, 3.63) is 59.2 Å². The third kappa shape index (κ3) is 4.01. The van der Waals surface area contributed by atoms with Crippen LogP contribution in [0.2, 0.25) is 0 Å². The van der Waals surface area contributed by atoms with E-state index in [4.69, 9.17) is 15.2 Å². The summed E-state index contributed by atoms with van der Waals surface area (Å²) in [4.78, 5) is 0. The standard InChI is InChI=1S/C18H19NO2/c1-14-12-17(10-9-15(14)7-5-11-19)21-13-16-6-3-4-8-18(16)20-2/h3-4,6,8-10,12H,11,13,19H2,1-2H3. The largest absolute Gasteiger partial charge is 0.496 e. The van der Waals surface area contributed by atoms with Crippen LogP contribution < -0.4 is 15.2 Å². The van der Waals surface area contributed by atoms with Crippen molar-refractivity contribution in [2.75, 3.05) is 13.7 Å². The van der Waals surface area contributed by atoms with E-state index in [-0.39, 0.29) is 0 Å². The average molecular weight is 281 g/mol. The molecule has 0 aliphatic carbocycles. The number of nitrogens with two attached hydrogens (primary N) is 1. The maximum absolute atomic E-state index is 5.82. The Bertz CT molecular complexity index is 668. The van der Waals surface area contributed by atoms with Crippen molar-refractivity contribution in [3.63, 3.8) is 0 Å². The first kappa shape index (κ1) is 15.0. The Hall–Kier alpha value is -2.44. The number of ether oxygens (including phenoxy) is 2. The molecule has 2 aromatic carbocycles. The van der Waals surface area contributed by atoms with Gasteiger partial charge in [0, 0.05) is 11.1 Å². The van der Waals surface area contributed by atoms with Gasteiger partial charge in [-0.2, -0.15) is 0 Å². The minimum atomic E-state index is 0.367. The lowest BCUT2D eigenvalue weighted by molar-refractivity contribution is 0.296. The number of benzene rings is 2. The highest BCUT2D eigenvalue weighted by Gasteiger charge is 2.04. The first-order chi connectivity index (χ1) is 10.2. The maximum Gasteiger partial charge on any atom is 0.125 e. The van der Waals surface area contributed by atoms with Gasteiger partial charge in [0.1, 0.15) is 18.1 Å². The van der Waals surface area contributed by atoms with Gasteiger partial charge in [-0.05, 0) is 36.8 Å². The first-order valence-electron chi connectivity index (χ1n) is 6.79. The van der Waals surface area contributed by atoms with Crippen molar-refractivity contribution in [1.82, 2.24) is 0 Å². The molecular weight excluding hydrogens is 262 g/mol. The molecule has 2 N–H and O–H groups in total. The van der Waals surface area contributed by atoms with E-state index in [2.05, 4.69) is 11.8 Å². The Morgan fingerprint density at radius 3 is 2.67 bits per heavy atom. The zero-order valence-electron chi connectivity index (χ0n) is 12.3. The Morgan fingerprint density at radius 2 is 1.95 bits per heavy atom. The number of methoxy groups -OCH3 is 1. The van der Waals surface area contributed by atoms with E-state index in [0.717, 1.165) is 28.2 Å². The van der Waals surface area contributed by atoms with Gasteiger partial charge in [-0.15, -0.1) is 0 Å². The molecule has 0 aliphatic heterocycles. The minimum Gasteiger partial charge on any atom is -0.496 e. The minimum absolute atomic E-state index is 0.367. The van der Waals surface area contributed by atoms with Crippen LogP contribution in [-0.4, -0.2) is 13.7 Å². The quantitative estimate of drug-likeness (QED) is 0.876. The Balaban J connectivity index is 2.08. The molecule has 0 heterocycles. The predicted octanol–water partition coefficient (Wildman–Crippen LogP) is 2.89. The fraction of sp³-hybridized carbons (Fsp3) is 0.222. The molecule has 0 saturated carbocycles. The summed E-state index contributed by atoms with van der Waals surface area (Å²) in [6.45, 7) is 2.85. The number of aryl methyl sites for hydroxylation is 1. The lowest BCUT2D eigenvalue weighted by Crippen LogP contribution is -1.99. The predicted molar refractivity (Wildman–Crippen MR) is 84.4 cm³/mol. The smallest absolute Gasteiger partial charge is 0.125 e. The first-order valence-corrected chi connectivity index (χ1v) is 6.79. The molecule has 0 atom stereocenters. The van der Waals surface area contributed by atoms with Crippen LogP contribution in [0.4, 0.5) is 0 Å². The summed E-state index contributed by atoms with van der Waals surface area (Å²) in [6.07, 6.45) is 0. The SMILES string of the molecule is COc1ccccc1COc1ccc(C#CCN)c(C)c1. The third-order valence-corrected chi connectivity index (χ3v) is 3.11. The van der Waals surface area contributed by atoms with Crippen LogP contribution in [0.25, 0.3) is 0 Å². The summed E-state index contributed by atoms with van der Waals surface area (Å²) in [7, 11) is 1.66. The van der Waals surface area contributed by atoms with Gasteiger partial charge in [-0.1, -0.05) is 30.0 Å². The summed E-state index contributed by atoms with van der Waals surface area (Å²) in [5.41, 5.74) is 8.46. The maximum atomic E-state index is 5.82. The summed E-state index contributed by atoms with van der Waals surface area (Å²) >= 11 is 0. The van der Waals surface area contributed by atoms with E-state index in [9.17, 15) is 0 Å². The van der Waals surface area contributed by atoms with Gasteiger partial charge in [0.2, 0.25) is 0 Å². The molecule has 0 aromatic heterocycles. The topological polar surface area (TPSA) is 44.5 Å². The van der Waals surface area contributed by atoms with Gasteiger partial charge < -0.3 is 15.2 Å². The van der Waals surface area contributed by atoms with Gasteiger partial charge >= 0.3 is 0 Å². The zero-order valence-corrected chi connectivity index (χ0v) is 12.3. The van der Waals surface area contributed by atoms with Gasteiger partial charge in [-0.3, -0.25) is 0 Å². The van der Waals surface area contributed by atoms with Gasteiger partial charge in [0.05, 0.1) is 13.7 Å². The van der Waals surface area contributed by atoms with Gasteiger partial charge in [0.25, 0.3) is 0 Å². The molecule has 3 heteroatoms. The zero-order chi connectivity index (χ0) is 15.1. The molecule has 0 amide bonds. The van der Waals surface area contributed by atoms with Crippen molar-refractivity contribution in [3.8, 4) is 23.3 Å². The molecule has 0 radical (unpaired) electrons.